The van der Waals surface area contributed by atoms with E-state index in [0.29, 0.717) is 70.0 Å². The molecule has 0 amide bonds. The molecular weight excluding hydrogens is 851 g/mol. The van der Waals surface area contributed by atoms with E-state index in [0.717, 1.165) is 37.8 Å². The number of alkyl halides is 6. The number of Topliss-reactive ketones (excluding diaryl/α,β-unsaturated/α-hetero) is 1. The summed E-state index contributed by atoms with van der Waals surface area (Å²) in [5.74, 6) is 1.09. The first-order valence-corrected chi connectivity index (χ1v) is 22.1. The van der Waals surface area contributed by atoms with Gasteiger partial charge in [-0.3, -0.25) is 24.6 Å². The van der Waals surface area contributed by atoms with Gasteiger partial charge in [0.1, 0.15) is 58.2 Å². The molecule has 2 aliphatic rings. The third-order valence-electron chi connectivity index (χ3n) is 11.2. The summed E-state index contributed by atoms with van der Waals surface area (Å²) in [6.07, 6.45) is -1.96. The van der Waals surface area contributed by atoms with Crippen molar-refractivity contribution < 1.29 is 40.6 Å². The van der Waals surface area contributed by atoms with Crippen molar-refractivity contribution >= 4 is 28.5 Å². The lowest BCUT2D eigenvalue weighted by atomic mass is 9.91. The van der Waals surface area contributed by atoms with E-state index in [1.165, 1.54) is 47.2 Å². The largest absolute Gasteiger partial charge is 0.491 e. The van der Waals surface area contributed by atoms with Gasteiger partial charge in [0.25, 0.3) is 0 Å². The summed E-state index contributed by atoms with van der Waals surface area (Å²) in [7, 11) is 0. The highest BCUT2D eigenvalue weighted by molar-refractivity contribution is 7.13. The summed E-state index contributed by atoms with van der Waals surface area (Å²) < 4.78 is 92.5. The van der Waals surface area contributed by atoms with Gasteiger partial charge in [-0.25, -0.2) is 9.97 Å². The van der Waals surface area contributed by atoms with E-state index in [-0.39, 0.29) is 31.1 Å². The van der Waals surface area contributed by atoms with Crippen LogP contribution in [0.1, 0.15) is 73.4 Å². The van der Waals surface area contributed by atoms with Gasteiger partial charge in [0.2, 0.25) is 0 Å². The first-order valence-electron chi connectivity index (χ1n) is 20.3. The number of carbonyl (C=O) groups excluding carboxylic acids is 1. The fourth-order valence-electron chi connectivity index (χ4n) is 8.10. The van der Waals surface area contributed by atoms with Gasteiger partial charge in [-0.15, -0.1) is 22.7 Å². The number of likely N-dealkylation sites (tertiary alicyclic amines) is 2. The van der Waals surface area contributed by atoms with Crippen molar-refractivity contribution in [3.05, 3.63) is 131 Å². The normalized spacial score (nSPS) is 18.9. The number of carbonyl (C=O) groups is 1. The molecule has 0 aliphatic carbocycles. The average Bonchev–Trinajstić information content (AvgIpc) is 3.99. The van der Waals surface area contributed by atoms with Crippen molar-refractivity contribution in [3.8, 4) is 32.6 Å². The summed E-state index contributed by atoms with van der Waals surface area (Å²) in [5, 5.41) is 4.85. The molecule has 0 spiro atoms. The van der Waals surface area contributed by atoms with Gasteiger partial charge in [0.15, 0.2) is 5.78 Å². The Kier molecular flexibility index (Phi) is 13.3. The molecule has 4 aromatic heterocycles. The van der Waals surface area contributed by atoms with Gasteiger partial charge in [-0.2, -0.15) is 26.3 Å². The molecule has 6 aromatic rings. The third kappa shape index (κ3) is 10.2. The topological polar surface area (TPSA) is 93.6 Å². The number of thiazole rings is 2. The minimum atomic E-state index is -4.56. The maximum atomic E-state index is 15.6. The summed E-state index contributed by atoms with van der Waals surface area (Å²) in [4.78, 5) is 37.1. The quantitative estimate of drug-likeness (QED) is 0.0991. The second-order valence-electron chi connectivity index (χ2n) is 15.2. The lowest BCUT2D eigenvalue weighted by Crippen LogP contribution is -2.58. The van der Waals surface area contributed by atoms with Gasteiger partial charge in [0.05, 0.1) is 23.5 Å². The Morgan fingerprint density at radius 3 is 1.40 bits per heavy atom. The first kappa shape index (κ1) is 43.4. The van der Waals surface area contributed by atoms with Crippen molar-refractivity contribution in [1.29, 1.82) is 0 Å². The second kappa shape index (κ2) is 19.0. The minimum absolute atomic E-state index is 0.0290. The maximum absolute atomic E-state index is 15.6. The highest BCUT2D eigenvalue weighted by Gasteiger charge is 2.43. The molecule has 2 aliphatic heterocycles. The monoisotopic (exact) mass is 892 g/mol. The number of nitrogens with zero attached hydrogens (tertiary/aromatic N) is 6. The fourth-order valence-corrected chi connectivity index (χ4v) is 9.81. The number of para-hydroxylation sites is 2. The smallest absolute Gasteiger partial charge is 0.433 e. The molecule has 0 radical (unpaired) electrons. The van der Waals surface area contributed by atoms with Crippen LogP contribution in [0.4, 0.5) is 26.3 Å². The minimum Gasteiger partial charge on any atom is -0.491 e. The zero-order valence-electron chi connectivity index (χ0n) is 33.3. The van der Waals surface area contributed by atoms with Crippen molar-refractivity contribution in [2.75, 3.05) is 26.3 Å². The van der Waals surface area contributed by atoms with Crippen molar-refractivity contribution in [3.63, 3.8) is 0 Å². The molecule has 4 atom stereocenters. The molecule has 9 nitrogen and oxygen atoms in total. The van der Waals surface area contributed by atoms with Crippen molar-refractivity contribution in [2.24, 2.45) is 0 Å². The summed E-state index contributed by atoms with van der Waals surface area (Å²) in [6.45, 7) is 1.20. The second-order valence-corrected chi connectivity index (χ2v) is 16.9. The Balaban J connectivity index is 1.13. The van der Waals surface area contributed by atoms with Crippen molar-refractivity contribution in [1.82, 2.24) is 29.7 Å². The zero-order valence-corrected chi connectivity index (χ0v) is 34.9. The van der Waals surface area contributed by atoms with Crippen LogP contribution in [0.25, 0.3) is 21.1 Å². The Hall–Kier alpha value is -5.23. The molecule has 17 heteroatoms. The Morgan fingerprint density at radius 1 is 0.613 bits per heavy atom. The molecule has 324 valence electrons. The van der Waals surface area contributed by atoms with E-state index < -0.39 is 35.8 Å². The van der Waals surface area contributed by atoms with Crippen LogP contribution in [-0.4, -0.2) is 73.9 Å². The molecule has 2 saturated heterocycles. The molecule has 8 rings (SSSR count). The van der Waals surface area contributed by atoms with E-state index in [4.69, 9.17) is 19.4 Å². The van der Waals surface area contributed by atoms with E-state index in [1.807, 2.05) is 71.4 Å². The van der Waals surface area contributed by atoms with Crippen LogP contribution in [0.2, 0.25) is 0 Å². The number of ether oxygens (including phenoxy) is 2. The predicted molar refractivity (Wildman–Crippen MR) is 224 cm³/mol. The van der Waals surface area contributed by atoms with E-state index >= 15 is 4.79 Å². The first-order chi connectivity index (χ1) is 29.9. The number of pyridine rings is 2. The van der Waals surface area contributed by atoms with Gasteiger partial charge in [-0.05, 0) is 87.3 Å². The van der Waals surface area contributed by atoms with Crippen LogP contribution in [-0.2, 0) is 17.1 Å². The van der Waals surface area contributed by atoms with Crippen LogP contribution < -0.4 is 9.47 Å². The SMILES string of the molecule is O=C(C(COc1ccccc1)N1CCCC[C@@H]1c1csc(-c2ccc(C(F)(F)F)nc2)n1)C(COc1ccccc1)N1CCCC[C@@H]1c1csc(-c2ccc(C(F)(F)F)nc2)n1. The van der Waals surface area contributed by atoms with Crippen LogP contribution in [0.15, 0.2) is 108 Å². The average molecular weight is 893 g/mol. The number of piperidine rings is 2. The molecule has 2 aromatic carbocycles. The van der Waals surface area contributed by atoms with Crippen LogP contribution in [0.5, 0.6) is 11.5 Å². The van der Waals surface area contributed by atoms with Crippen LogP contribution >= 0.6 is 22.7 Å². The highest BCUT2D eigenvalue weighted by atomic mass is 32.1. The molecular formula is C45H42F6N6O3S2. The number of hydrogen-bond acceptors (Lipinski definition) is 11. The van der Waals surface area contributed by atoms with Gasteiger partial charge in [-0.1, -0.05) is 49.2 Å². The summed E-state index contributed by atoms with van der Waals surface area (Å²) >= 11 is 2.63. The standard InChI is InChI=1S/C45H42F6N6O3S2/c46-44(47,48)39-19-17-29(23-52-39)42-54-33(27-61-42)35-15-7-9-21-56(35)37(25-59-31-11-3-1-4-12-31)41(58)38(26-60-32-13-5-2-6-14-32)57-22-10-8-16-36(57)34-28-62-43(55-34)30-18-20-40(53-24-30)45(49,50)51/h1-6,11-14,17-20,23-24,27-28,35-38H,7-10,15-16,21-22,25-26H2/t35-,36-,37?,38?/m1/s1. The Bertz CT molecular complexity index is 2210. The van der Waals surface area contributed by atoms with Gasteiger partial charge >= 0.3 is 12.4 Å². The Labute approximate surface area is 362 Å². The lowest BCUT2D eigenvalue weighted by Gasteiger charge is -2.44. The summed E-state index contributed by atoms with van der Waals surface area (Å²) in [6, 6.07) is 21.1. The Morgan fingerprint density at radius 2 is 1.03 bits per heavy atom. The van der Waals surface area contributed by atoms with Gasteiger partial charge < -0.3 is 9.47 Å². The fraction of sp³-hybridized carbons (Fsp3) is 0.356. The highest BCUT2D eigenvalue weighted by Crippen LogP contribution is 2.40. The molecule has 6 heterocycles. The number of benzene rings is 2. The maximum Gasteiger partial charge on any atom is 0.433 e. The molecule has 2 fully saturated rings. The number of halogens is 6. The van der Waals surface area contributed by atoms with Crippen LogP contribution in [0.3, 0.4) is 0 Å². The van der Waals surface area contributed by atoms with E-state index in [9.17, 15) is 26.3 Å². The third-order valence-corrected chi connectivity index (χ3v) is 13.0. The molecule has 62 heavy (non-hydrogen) atoms. The molecule has 2 unspecified atom stereocenters. The molecule has 0 saturated carbocycles. The molecule has 0 N–H and O–H groups in total. The van der Waals surface area contributed by atoms with E-state index in [2.05, 4.69) is 19.8 Å². The summed E-state index contributed by atoms with van der Waals surface area (Å²) in [5.41, 5.74) is 0.385. The van der Waals surface area contributed by atoms with Gasteiger partial charge in [0, 0.05) is 34.3 Å². The molecule has 0 bridgehead atoms. The van der Waals surface area contributed by atoms with E-state index in [1.54, 1.807) is 0 Å². The number of ketones is 1. The predicted octanol–water partition coefficient (Wildman–Crippen LogP) is 11.0. The number of aromatic nitrogens is 4. The zero-order chi connectivity index (χ0) is 43.3. The number of hydrogen-bond donors (Lipinski definition) is 0. The van der Waals surface area contributed by atoms with Crippen molar-refractivity contribution in [2.45, 2.75) is 75.0 Å². The lowest BCUT2D eigenvalue weighted by molar-refractivity contribution is -0.141. The number of rotatable bonds is 14. The van der Waals surface area contributed by atoms with Crippen LogP contribution in [0, 0.1) is 0 Å².